The van der Waals surface area contributed by atoms with Crippen molar-refractivity contribution in [1.29, 1.82) is 0 Å². The molecule has 6 aromatic carbocycles. The molecule has 0 amide bonds. The summed E-state index contributed by atoms with van der Waals surface area (Å²) in [7, 11) is 0. The number of hydrogen-bond acceptors (Lipinski definition) is 2. The van der Waals surface area contributed by atoms with Crippen LogP contribution in [0.5, 0.6) is 0 Å². The molecule has 8 rings (SSSR count). The minimum absolute atomic E-state index is 0.0371. The van der Waals surface area contributed by atoms with Gasteiger partial charge < -0.3 is 9.80 Å². The van der Waals surface area contributed by atoms with E-state index in [0.29, 0.717) is 0 Å². The van der Waals surface area contributed by atoms with Crippen LogP contribution in [0.1, 0.15) is 63.3 Å². The predicted molar refractivity (Wildman–Crippen MR) is 254 cm³/mol. The van der Waals surface area contributed by atoms with E-state index in [9.17, 15) is 0 Å². The molecule has 0 radical (unpaired) electrons. The molecule has 0 N–H and O–H groups in total. The van der Waals surface area contributed by atoms with Crippen molar-refractivity contribution in [3.63, 3.8) is 0 Å². The van der Waals surface area contributed by atoms with Crippen molar-refractivity contribution in [2.75, 3.05) is 9.80 Å². The Balaban J connectivity index is 1.13. The minimum Gasteiger partial charge on any atom is -0.315 e. The number of anilines is 4. The van der Waals surface area contributed by atoms with Gasteiger partial charge in [0.25, 0.3) is 0 Å². The molecule has 0 saturated heterocycles. The quantitative estimate of drug-likeness (QED) is 0.114. The molecule has 0 fully saturated rings. The fraction of sp³-hybridized carbons (Fsp3) is 0.158. The van der Waals surface area contributed by atoms with E-state index in [1.165, 1.54) is 44.5 Å². The van der Waals surface area contributed by atoms with Crippen LogP contribution in [0.25, 0.3) is 22.3 Å². The third-order valence-corrected chi connectivity index (χ3v) is 12.7. The van der Waals surface area contributed by atoms with E-state index in [0.717, 1.165) is 52.5 Å². The second-order valence-electron chi connectivity index (χ2n) is 16.4. The summed E-state index contributed by atoms with van der Waals surface area (Å²) in [4.78, 5) is 4.70. The van der Waals surface area contributed by atoms with E-state index in [4.69, 9.17) is 0 Å². The first kappa shape index (κ1) is 39.2. The van der Waals surface area contributed by atoms with Crippen LogP contribution in [0, 0.1) is 0 Å². The highest BCUT2D eigenvalue weighted by molar-refractivity contribution is 5.86. The molecule has 1 atom stereocenters. The molecule has 0 spiro atoms. The van der Waals surface area contributed by atoms with Crippen LogP contribution >= 0.6 is 0 Å². The Bertz CT molecular complexity index is 2630. The number of benzene rings is 6. The number of hydrogen-bond donors (Lipinski definition) is 0. The topological polar surface area (TPSA) is 6.48 Å². The van der Waals surface area contributed by atoms with Crippen LogP contribution in [-0.2, 0) is 17.3 Å². The van der Waals surface area contributed by atoms with E-state index in [-0.39, 0.29) is 10.8 Å². The molecule has 0 aromatic heterocycles. The molecular weight excluding hydrogens is 713 g/mol. The molecule has 0 bridgehead atoms. The fourth-order valence-electron chi connectivity index (χ4n) is 9.22. The molecule has 0 heterocycles. The normalized spacial score (nSPS) is 17.4. The maximum Gasteiger partial charge on any atom is 0.0465 e. The van der Waals surface area contributed by atoms with Crippen LogP contribution in [0.2, 0.25) is 0 Å². The fourth-order valence-corrected chi connectivity index (χ4v) is 9.22. The van der Waals surface area contributed by atoms with Crippen molar-refractivity contribution in [3.8, 4) is 22.3 Å². The van der Waals surface area contributed by atoms with Crippen LogP contribution in [0.4, 0.5) is 22.7 Å². The Morgan fingerprint density at radius 1 is 0.593 bits per heavy atom. The summed E-state index contributed by atoms with van der Waals surface area (Å²) in [5, 5.41) is 0. The van der Waals surface area contributed by atoms with E-state index in [1.807, 2.05) is 18.2 Å². The highest BCUT2D eigenvalue weighted by Gasteiger charge is 2.38. The molecule has 0 saturated carbocycles. The molecule has 1 unspecified atom stereocenters. The lowest BCUT2D eigenvalue weighted by atomic mass is 9.78. The van der Waals surface area contributed by atoms with Gasteiger partial charge in [0.05, 0.1) is 0 Å². The molecule has 2 heteroatoms. The molecular formula is C57H54N2. The largest absolute Gasteiger partial charge is 0.315 e. The Labute approximate surface area is 352 Å². The van der Waals surface area contributed by atoms with Gasteiger partial charge in [-0.15, -0.1) is 0 Å². The zero-order valence-electron chi connectivity index (χ0n) is 35.1. The Morgan fingerprint density at radius 3 is 1.85 bits per heavy atom. The first-order chi connectivity index (χ1) is 28.7. The average molecular weight is 767 g/mol. The Kier molecular flexibility index (Phi) is 10.8. The molecule has 2 nitrogen and oxygen atoms in total. The van der Waals surface area contributed by atoms with Gasteiger partial charge in [0, 0.05) is 45.0 Å². The first-order valence-corrected chi connectivity index (χ1v) is 20.9. The summed E-state index contributed by atoms with van der Waals surface area (Å²) in [6.45, 7) is 19.5. The zero-order valence-corrected chi connectivity index (χ0v) is 35.1. The van der Waals surface area contributed by atoms with Gasteiger partial charge in [-0.1, -0.05) is 168 Å². The lowest BCUT2D eigenvalue weighted by Crippen LogP contribution is -2.22. The van der Waals surface area contributed by atoms with Gasteiger partial charge in [-0.2, -0.15) is 0 Å². The van der Waals surface area contributed by atoms with E-state index >= 15 is 0 Å². The second-order valence-corrected chi connectivity index (χ2v) is 16.4. The van der Waals surface area contributed by atoms with Crippen molar-refractivity contribution in [1.82, 2.24) is 0 Å². The van der Waals surface area contributed by atoms with Gasteiger partial charge >= 0.3 is 0 Å². The van der Waals surface area contributed by atoms with Crippen LogP contribution < -0.4 is 9.80 Å². The molecule has 0 aliphatic heterocycles. The highest BCUT2D eigenvalue weighted by atomic mass is 15.2. The van der Waals surface area contributed by atoms with Crippen molar-refractivity contribution in [2.24, 2.45) is 0 Å². The lowest BCUT2D eigenvalue weighted by Gasteiger charge is -2.30. The molecule has 6 aromatic rings. The van der Waals surface area contributed by atoms with Crippen molar-refractivity contribution >= 4 is 22.7 Å². The Hall–Kier alpha value is -6.64. The summed E-state index contributed by atoms with van der Waals surface area (Å²) in [5.74, 6) is 0. The number of nitrogens with zero attached hydrogens (tertiary/aromatic N) is 2. The minimum atomic E-state index is -0.0719. The smallest absolute Gasteiger partial charge is 0.0465 e. The second kappa shape index (κ2) is 16.3. The third-order valence-electron chi connectivity index (χ3n) is 12.7. The van der Waals surface area contributed by atoms with Gasteiger partial charge in [0.2, 0.25) is 0 Å². The van der Waals surface area contributed by atoms with Crippen molar-refractivity contribution < 1.29 is 0 Å². The average Bonchev–Trinajstić information content (AvgIpc) is 3.67. The summed E-state index contributed by atoms with van der Waals surface area (Å²) < 4.78 is 0. The molecule has 2 aliphatic rings. The van der Waals surface area contributed by atoms with Crippen molar-refractivity contribution in [2.45, 2.75) is 58.3 Å². The van der Waals surface area contributed by atoms with Gasteiger partial charge in [0.1, 0.15) is 0 Å². The SMILES string of the molecule is C=C/C=C\C=C(/C)N(C(=C/C=C)/C=C1\Cc2ccccc2C1(C)C)c1ccc(-c2ccc(N(c3ccccc3)c3ccc4c(c3)C(C)(CC)c3ccccc3-4)cc2)cc1. The number of para-hydroxylation sites is 1. The number of fused-ring (bicyclic) bond motifs is 4. The summed E-state index contributed by atoms with van der Waals surface area (Å²) in [6, 6.07) is 53.4. The molecule has 292 valence electrons. The van der Waals surface area contributed by atoms with E-state index in [2.05, 4.69) is 221 Å². The van der Waals surface area contributed by atoms with Gasteiger partial charge in [-0.05, 0) is 131 Å². The van der Waals surface area contributed by atoms with Crippen LogP contribution in [0.15, 0.2) is 218 Å². The molecule has 59 heavy (non-hydrogen) atoms. The predicted octanol–water partition coefficient (Wildman–Crippen LogP) is 15.5. The standard InChI is InChI=1S/C57H54N2/c1-8-11-13-21-41(4)58(49(20-9-2)39-45-38-44-22-16-18-26-53(44)56(45,5)6)47-32-28-42(29-33-47)43-30-34-48(35-31-43)59(46-23-14-12-15-24-46)50-36-37-52-51-25-17-19-27-54(51)57(7,10-3)55(52)40-50/h8-9,11-37,39-40H,1-2,10,38H2,3-7H3/b13-11-,41-21+,45-39+,49-20+. The number of allylic oxidation sites excluding steroid dienone is 9. The zero-order chi connectivity index (χ0) is 41.1. The van der Waals surface area contributed by atoms with Crippen LogP contribution in [0.3, 0.4) is 0 Å². The third kappa shape index (κ3) is 7.25. The molecule has 2 aliphatic carbocycles. The number of rotatable bonds is 12. The summed E-state index contributed by atoms with van der Waals surface area (Å²) in [5.41, 5.74) is 18.6. The summed E-state index contributed by atoms with van der Waals surface area (Å²) >= 11 is 0. The van der Waals surface area contributed by atoms with Crippen molar-refractivity contribution in [3.05, 3.63) is 241 Å². The van der Waals surface area contributed by atoms with Gasteiger partial charge in [-0.25, -0.2) is 0 Å². The van der Waals surface area contributed by atoms with Gasteiger partial charge in [0.15, 0.2) is 0 Å². The van der Waals surface area contributed by atoms with E-state index < -0.39 is 0 Å². The summed E-state index contributed by atoms with van der Waals surface area (Å²) in [6.07, 6.45) is 16.3. The first-order valence-electron chi connectivity index (χ1n) is 20.9. The van der Waals surface area contributed by atoms with Gasteiger partial charge in [-0.3, -0.25) is 0 Å². The Morgan fingerprint density at radius 2 is 1.19 bits per heavy atom. The highest BCUT2D eigenvalue weighted by Crippen LogP contribution is 2.52. The lowest BCUT2D eigenvalue weighted by molar-refractivity contribution is 0.564. The maximum atomic E-state index is 4.12. The monoisotopic (exact) mass is 766 g/mol. The maximum absolute atomic E-state index is 4.12. The van der Waals surface area contributed by atoms with Crippen LogP contribution in [-0.4, -0.2) is 0 Å². The van der Waals surface area contributed by atoms with E-state index in [1.54, 1.807) is 6.08 Å².